The van der Waals surface area contributed by atoms with E-state index in [0.717, 1.165) is 204 Å². The number of rotatable bonds is 40. The molecule has 28 unspecified atom stereocenters. The van der Waals surface area contributed by atoms with Gasteiger partial charge in [0.25, 0.3) is 0 Å². The van der Waals surface area contributed by atoms with Gasteiger partial charge >= 0.3 is 0 Å². The molecule has 14 aliphatic rings. The summed E-state index contributed by atoms with van der Waals surface area (Å²) in [7, 11) is 0. The molecule has 0 bridgehead atoms. The zero-order valence-electron chi connectivity index (χ0n) is 57.4. The summed E-state index contributed by atoms with van der Waals surface area (Å²) in [5.41, 5.74) is 0. The Bertz CT molecular complexity index is 1860. The summed E-state index contributed by atoms with van der Waals surface area (Å²) in [5, 5.41) is 52.2. The number of hydrogen-bond acceptors (Lipinski definition) is 6. The van der Waals surface area contributed by atoms with Crippen LogP contribution in [0.2, 0.25) is 0 Å². The Morgan fingerprint density at radius 3 is 0.581 bits per heavy atom. The molecular formula is C80H144O6. The largest absolute Gasteiger partial charge is 0.396 e. The monoisotopic (exact) mass is 1200 g/mol. The van der Waals surface area contributed by atoms with Crippen LogP contribution in [0.25, 0.3) is 0 Å². The molecule has 0 aliphatic heterocycles. The quantitative estimate of drug-likeness (QED) is 0.0364. The molecule has 6 N–H and O–H groups in total. The maximum atomic E-state index is 8.90. The zero-order chi connectivity index (χ0) is 60.7. The van der Waals surface area contributed by atoms with Crippen LogP contribution in [0.1, 0.15) is 298 Å². The fraction of sp³-hybridized carbons (Fsp3) is 1.00. The second-order valence-electron chi connectivity index (χ2n) is 34.5. The van der Waals surface area contributed by atoms with Crippen LogP contribution in [0.4, 0.5) is 0 Å². The van der Waals surface area contributed by atoms with E-state index in [4.69, 9.17) is 30.6 Å². The van der Waals surface area contributed by atoms with Crippen molar-refractivity contribution in [2.45, 2.75) is 298 Å². The van der Waals surface area contributed by atoms with Crippen molar-refractivity contribution in [3.63, 3.8) is 0 Å². The van der Waals surface area contributed by atoms with Gasteiger partial charge in [0, 0.05) is 39.6 Å². The second kappa shape index (κ2) is 35.3. The SMILES string of the molecule is CC1CC1CC1CC1CC1CC1CCCO.CC1CC1CCCO.CCC1CC1CC1CC1CC1CC1CC1CC1CCCO.CCC1CC1CC1CC1CCCO.CCCC1CC1CC1CC1CC1CC1CCCO.CCCC1CC1CCCO. The molecule has 0 amide bonds. The Morgan fingerprint density at radius 2 is 0.360 bits per heavy atom. The maximum absolute atomic E-state index is 8.90. The fourth-order valence-corrected chi connectivity index (χ4v) is 19.0. The average Bonchev–Trinajstić information content (AvgIpc) is 2.35. The molecule has 0 radical (unpaired) electrons. The molecule has 0 aromatic heterocycles. The van der Waals surface area contributed by atoms with Crippen LogP contribution < -0.4 is 0 Å². The molecular weight excluding hydrogens is 1060 g/mol. The van der Waals surface area contributed by atoms with Crippen LogP contribution >= 0.6 is 0 Å². The van der Waals surface area contributed by atoms with Crippen molar-refractivity contribution in [1.82, 2.24) is 0 Å². The Balaban J connectivity index is 0.000000127. The Morgan fingerprint density at radius 1 is 0.198 bits per heavy atom. The number of aliphatic hydroxyl groups is 6. The molecule has 6 nitrogen and oxygen atoms in total. The van der Waals surface area contributed by atoms with Gasteiger partial charge in [0.15, 0.2) is 0 Å². The Labute approximate surface area is 531 Å². The van der Waals surface area contributed by atoms with Gasteiger partial charge in [0.2, 0.25) is 0 Å². The van der Waals surface area contributed by atoms with Crippen LogP contribution in [-0.4, -0.2) is 70.3 Å². The standard InChI is InChI=1S/C20H34O.C17H30O.C15H26O.C12H22O.C9H18O.C7H14O/c1-2-13-6-15(13)8-17-10-19(17)12-20-11-18(20)9-16-7-14(16)4-3-5-21;1-2-4-12-7-14(12)9-16-11-17(16)10-15-8-13(15)5-3-6-18;1-10-5-12(10)7-14-9-15(14)8-13-6-11(13)3-2-4-16;1-2-9-6-11(9)8-12-7-10(12)4-3-5-13;1-2-4-8-7-9(8)5-3-6-10;1-6-5-7(6)3-2-4-8/h13-21H,2-12H2,1H3;12-18H,2-11H2,1H3;10-16H,2-9H2,1H3;9-13H,2-8H2,1H3;8-10H,2-7H2,1H3;6-8H,2-5H2,1H3. The van der Waals surface area contributed by atoms with Gasteiger partial charge in [-0.1, -0.05) is 80.1 Å². The van der Waals surface area contributed by atoms with Gasteiger partial charge in [0.1, 0.15) is 0 Å². The van der Waals surface area contributed by atoms with Crippen LogP contribution in [0.15, 0.2) is 0 Å². The minimum Gasteiger partial charge on any atom is -0.396 e. The first kappa shape index (κ1) is 70.1. The first-order valence-electron chi connectivity index (χ1n) is 39.6. The third kappa shape index (κ3) is 25.6. The van der Waals surface area contributed by atoms with E-state index in [-0.39, 0.29) is 0 Å². The minimum atomic E-state index is 0.378. The molecule has 14 aliphatic carbocycles. The van der Waals surface area contributed by atoms with Crippen molar-refractivity contribution in [3.8, 4) is 0 Å². The van der Waals surface area contributed by atoms with E-state index in [2.05, 4.69) is 41.5 Å². The molecule has 6 heteroatoms. The van der Waals surface area contributed by atoms with Crippen LogP contribution in [0.5, 0.6) is 0 Å². The Kier molecular flexibility index (Phi) is 28.8. The summed E-state index contributed by atoms with van der Waals surface area (Å²) in [6, 6.07) is 0. The van der Waals surface area contributed by atoms with Gasteiger partial charge in [0.05, 0.1) is 0 Å². The van der Waals surface area contributed by atoms with Gasteiger partial charge in [-0.2, -0.15) is 0 Å². The first-order valence-corrected chi connectivity index (χ1v) is 39.6. The smallest absolute Gasteiger partial charge is 0.0431 e. The molecule has 28 atom stereocenters. The highest BCUT2D eigenvalue weighted by atomic mass is 16.3. The summed E-state index contributed by atoms with van der Waals surface area (Å²) < 4.78 is 0. The van der Waals surface area contributed by atoms with Crippen molar-refractivity contribution >= 4 is 0 Å². The second-order valence-corrected chi connectivity index (χ2v) is 34.5. The topological polar surface area (TPSA) is 121 Å². The van der Waals surface area contributed by atoms with Gasteiger partial charge < -0.3 is 30.6 Å². The van der Waals surface area contributed by atoms with E-state index >= 15 is 0 Å². The lowest BCUT2D eigenvalue weighted by Gasteiger charge is -2.01. The van der Waals surface area contributed by atoms with Crippen molar-refractivity contribution in [1.29, 1.82) is 0 Å². The number of aliphatic hydroxyl groups excluding tert-OH is 6. The Hall–Kier alpha value is -0.240. The van der Waals surface area contributed by atoms with Crippen molar-refractivity contribution in [2.75, 3.05) is 39.6 Å². The lowest BCUT2D eigenvalue weighted by atomic mass is 10.0. The lowest BCUT2D eigenvalue weighted by molar-refractivity contribution is 0.279. The normalized spacial score (nSPS) is 44.0. The highest BCUT2D eigenvalue weighted by Crippen LogP contribution is 2.62. The van der Waals surface area contributed by atoms with Gasteiger partial charge in [-0.3, -0.25) is 0 Å². The van der Waals surface area contributed by atoms with E-state index < -0.39 is 0 Å². The van der Waals surface area contributed by atoms with Crippen molar-refractivity contribution in [2.24, 2.45) is 166 Å². The molecule has 0 aromatic carbocycles. The molecule has 0 aromatic rings. The fourth-order valence-electron chi connectivity index (χ4n) is 19.0. The van der Waals surface area contributed by atoms with Gasteiger partial charge in [-0.15, -0.1) is 0 Å². The maximum Gasteiger partial charge on any atom is 0.0431 e. The highest BCUT2D eigenvalue weighted by molar-refractivity contribution is 5.03. The van der Waals surface area contributed by atoms with E-state index in [1.807, 2.05) is 0 Å². The predicted molar refractivity (Wildman–Crippen MR) is 359 cm³/mol. The van der Waals surface area contributed by atoms with Crippen molar-refractivity contribution < 1.29 is 30.6 Å². The molecule has 14 rings (SSSR count). The summed E-state index contributed by atoms with van der Waals surface area (Å²) in [6.45, 7) is 16.3. The summed E-state index contributed by atoms with van der Waals surface area (Å²) >= 11 is 0. The summed E-state index contributed by atoms with van der Waals surface area (Å²) in [5.74, 6) is 29.9. The van der Waals surface area contributed by atoms with E-state index in [1.165, 1.54) is 148 Å². The molecule has 0 heterocycles. The molecule has 14 fully saturated rings. The lowest BCUT2D eigenvalue weighted by Crippen LogP contribution is -1.93. The predicted octanol–water partition coefficient (Wildman–Crippen LogP) is 19.0. The van der Waals surface area contributed by atoms with E-state index in [9.17, 15) is 0 Å². The van der Waals surface area contributed by atoms with Crippen LogP contribution in [-0.2, 0) is 0 Å². The summed E-state index contributed by atoms with van der Waals surface area (Å²) in [6.07, 6.45) is 55.9. The summed E-state index contributed by atoms with van der Waals surface area (Å²) in [4.78, 5) is 0. The highest BCUT2D eigenvalue weighted by Gasteiger charge is 2.52. The zero-order valence-corrected chi connectivity index (χ0v) is 57.4. The van der Waals surface area contributed by atoms with Crippen LogP contribution in [0.3, 0.4) is 0 Å². The third-order valence-electron chi connectivity index (χ3n) is 27.0. The number of hydrogen-bond donors (Lipinski definition) is 6. The van der Waals surface area contributed by atoms with Gasteiger partial charge in [-0.05, 0) is 384 Å². The average molecular weight is 1200 g/mol. The molecule has 0 spiro atoms. The third-order valence-corrected chi connectivity index (χ3v) is 27.0. The molecule has 14 saturated carbocycles. The van der Waals surface area contributed by atoms with E-state index in [1.54, 1.807) is 70.6 Å². The molecule has 0 saturated heterocycles. The van der Waals surface area contributed by atoms with Gasteiger partial charge in [-0.25, -0.2) is 0 Å². The molecule has 500 valence electrons. The van der Waals surface area contributed by atoms with Crippen molar-refractivity contribution in [3.05, 3.63) is 0 Å². The minimum absolute atomic E-state index is 0.378. The van der Waals surface area contributed by atoms with E-state index in [0.29, 0.717) is 39.6 Å². The first-order chi connectivity index (χ1) is 41.9. The molecule has 86 heavy (non-hydrogen) atoms. The van der Waals surface area contributed by atoms with Crippen LogP contribution in [0, 0.1) is 166 Å².